The van der Waals surface area contributed by atoms with Gasteiger partial charge in [0.05, 0.1) is 22.3 Å². The van der Waals surface area contributed by atoms with Crippen molar-refractivity contribution in [1.82, 2.24) is 31.1 Å². The largest absolute Gasteiger partial charge is 0.461 e. The van der Waals surface area contributed by atoms with Gasteiger partial charge in [-0.05, 0) is 132 Å². The van der Waals surface area contributed by atoms with Crippen molar-refractivity contribution in [3.05, 3.63) is 222 Å². The number of carbonyl (C=O) groups excluding carboxylic acids is 8. The highest BCUT2D eigenvalue weighted by Crippen LogP contribution is 2.30. The van der Waals surface area contributed by atoms with E-state index in [9.17, 15) is 38.4 Å². The molecule has 0 spiro atoms. The number of nitrogens with one attached hydrogen (secondary N) is 4. The lowest BCUT2D eigenvalue weighted by Crippen LogP contribution is -2.31. The van der Waals surface area contributed by atoms with E-state index in [1.54, 1.807) is 70.5 Å². The summed E-state index contributed by atoms with van der Waals surface area (Å²) < 4.78 is 10.8. The van der Waals surface area contributed by atoms with E-state index in [-0.39, 0.29) is 124 Å². The minimum absolute atomic E-state index is 0.0000170. The maximum Gasteiger partial charge on any atom is 0.306 e. The van der Waals surface area contributed by atoms with Gasteiger partial charge in [0.15, 0.2) is 0 Å². The van der Waals surface area contributed by atoms with Gasteiger partial charge in [0, 0.05) is 88.1 Å². The van der Waals surface area contributed by atoms with Crippen molar-refractivity contribution in [2.75, 3.05) is 26.2 Å². The molecule has 18 heteroatoms. The Labute approximate surface area is 499 Å². The fourth-order valence-electron chi connectivity index (χ4n) is 9.77. The molecule has 0 bridgehead atoms. The Kier molecular flexibility index (Phi) is 22.8. The van der Waals surface area contributed by atoms with Gasteiger partial charge in [0.2, 0.25) is 11.8 Å². The minimum atomic E-state index is -0.456. The third-order valence-electron chi connectivity index (χ3n) is 14.5. The van der Waals surface area contributed by atoms with E-state index in [2.05, 4.69) is 21.3 Å². The van der Waals surface area contributed by atoms with Crippen molar-refractivity contribution >= 4 is 70.6 Å². The number of hydrogen-bond acceptors (Lipinski definition) is 10. The first-order chi connectivity index (χ1) is 40.8. The zero-order valence-electron chi connectivity index (χ0n) is 46.7. The molecule has 2 aliphatic rings. The molecule has 0 atom stereocenters. The second-order valence-corrected chi connectivity index (χ2v) is 21.6. The van der Waals surface area contributed by atoms with E-state index in [0.717, 1.165) is 44.5 Å². The molecule has 2 heterocycles. The number of amides is 6. The number of unbranched alkanes of at least 4 members (excludes halogenated alkanes) is 2. The molecule has 436 valence electrons. The van der Waals surface area contributed by atoms with Crippen LogP contribution >= 0.6 is 23.2 Å². The second kappa shape index (κ2) is 31.2. The SMILES string of the molecule is O=C(CCCCNC(=O)c1cc2c(cc1C(=O)NCCc1ccc(Cl)cc1)CN(C(=O)C/C=C/CC(=O)N1Cc3cc(C(=O)NCCCCC(=O)OCc4ccccc4)c(C(=O)NCCc4ccc(Cl)cc4)cc3C1)C2)OCc1ccccc1. The average Bonchev–Trinajstić information content (AvgIpc) is 2.24. The normalized spacial score (nSPS) is 12.3. The zero-order chi connectivity index (χ0) is 59.2. The summed E-state index contributed by atoms with van der Waals surface area (Å²) in [6.07, 6.45) is 6.73. The molecule has 84 heavy (non-hydrogen) atoms. The Morgan fingerprint density at radius 1 is 0.405 bits per heavy atom. The van der Waals surface area contributed by atoms with Gasteiger partial charge in [0.25, 0.3) is 23.6 Å². The molecule has 6 aromatic carbocycles. The lowest BCUT2D eigenvalue weighted by molar-refractivity contribution is -0.146. The summed E-state index contributed by atoms with van der Waals surface area (Å²) in [6.45, 7) is 2.36. The number of nitrogens with zero attached hydrogens (tertiary/aromatic N) is 2. The molecule has 0 aromatic heterocycles. The number of hydrogen-bond donors (Lipinski definition) is 4. The Balaban J connectivity index is 0.837. The number of halogens is 2. The molecule has 0 saturated carbocycles. The maximum atomic E-state index is 13.8. The van der Waals surface area contributed by atoms with Crippen LogP contribution in [0.4, 0.5) is 0 Å². The zero-order valence-corrected chi connectivity index (χ0v) is 48.2. The Morgan fingerprint density at radius 3 is 1.06 bits per heavy atom. The first kappa shape index (κ1) is 61.5. The summed E-state index contributed by atoms with van der Waals surface area (Å²) in [5.74, 6) is -2.87. The number of benzene rings is 6. The third kappa shape index (κ3) is 18.5. The number of rotatable bonds is 28. The van der Waals surface area contributed by atoms with Gasteiger partial charge in [-0.2, -0.15) is 0 Å². The molecule has 16 nitrogen and oxygen atoms in total. The standard InChI is InChI=1S/C66H68Cl2N6O10/c67-53-25-21-45(22-26-53)29-33-71-65(81)57-37-51-41-73(39-49(51)35-55(57)63(79)69-31-11-9-19-61(77)83-43-47-13-3-1-4-14-47)59(75)17-7-8-18-60(76)74-40-50-36-56(64(80)70-32-12-10-20-62(78)84-44-48-15-5-2-6-16-48)58(38-52(50)42-74)66(82)72-34-30-46-23-27-54(68)28-24-46/h1-8,13-16,21-28,35-38H,9-12,17-20,29-34,39-44H2,(H,69,79)(H,70,80)(H,71,81)(H,72,82)/b8-7+. The summed E-state index contributed by atoms with van der Waals surface area (Å²) >= 11 is 12.1. The molecule has 4 N–H and O–H groups in total. The van der Waals surface area contributed by atoms with Gasteiger partial charge < -0.3 is 40.5 Å². The second-order valence-electron chi connectivity index (χ2n) is 20.7. The van der Waals surface area contributed by atoms with E-state index in [4.69, 9.17) is 32.7 Å². The topological polar surface area (TPSA) is 210 Å². The molecular formula is C66H68Cl2N6O10. The van der Waals surface area contributed by atoms with E-state index in [1.807, 2.05) is 84.9 Å². The van der Waals surface area contributed by atoms with Crippen LogP contribution in [0.5, 0.6) is 0 Å². The highest BCUT2D eigenvalue weighted by molar-refractivity contribution is 6.30. The predicted octanol–water partition coefficient (Wildman–Crippen LogP) is 9.95. The van der Waals surface area contributed by atoms with Crippen LogP contribution < -0.4 is 21.3 Å². The van der Waals surface area contributed by atoms with Crippen molar-refractivity contribution in [2.24, 2.45) is 0 Å². The van der Waals surface area contributed by atoms with Gasteiger partial charge in [-0.3, -0.25) is 38.4 Å². The number of esters is 2. The summed E-state index contributed by atoms with van der Waals surface area (Å²) in [5.41, 5.74) is 7.35. The van der Waals surface area contributed by atoms with Gasteiger partial charge in [0.1, 0.15) is 13.2 Å². The van der Waals surface area contributed by atoms with E-state index in [1.165, 1.54) is 0 Å². The summed E-state index contributed by atoms with van der Waals surface area (Å²) in [5, 5.41) is 12.9. The first-order valence-corrected chi connectivity index (χ1v) is 29.0. The third-order valence-corrected chi connectivity index (χ3v) is 15.0. The van der Waals surface area contributed by atoms with Crippen LogP contribution in [0.25, 0.3) is 0 Å². The molecule has 6 amide bonds. The number of fused-ring (bicyclic) bond motifs is 2. The highest BCUT2D eigenvalue weighted by atomic mass is 35.5. The van der Waals surface area contributed by atoms with E-state index >= 15 is 0 Å². The maximum absolute atomic E-state index is 13.8. The molecule has 2 aliphatic heterocycles. The van der Waals surface area contributed by atoms with Crippen LogP contribution in [0, 0.1) is 0 Å². The highest BCUT2D eigenvalue weighted by Gasteiger charge is 2.30. The molecule has 8 rings (SSSR count). The van der Waals surface area contributed by atoms with Crippen molar-refractivity contribution in [1.29, 1.82) is 0 Å². The van der Waals surface area contributed by atoms with Crippen molar-refractivity contribution in [3.63, 3.8) is 0 Å². The lowest BCUT2D eigenvalue weighted by atomic mass is 9.98. The predicted molar refractivity (Wildman–Crippen MR) is 320 cm³/mol. The molecule has 0 unspecified atom stereocenters. The summed E-state index contributed by atoms with van der Waals surface area (Å²) in [6, 6.07) is 40.1. The number of carbonyl (C=O) groups is 8. The number of ether oxygens (including phenoxy) is 2. The fraction of sp³-hybridized carbons (Fsp3) is 0.303. The smallest absolute Gasteiger partial charge is 0.306 e. The molecule has 6 aromatic rings. The van der Waals surface area contributed by atoms with Crippen molar-refractivity contribution in [2.45, 2.75) is 104 Å². The van der Waals surface area contributed by atoms with E-state index in [0.29, 0.717) is 61.7 Å². The van der Waals surface area contributed by atoms with Gasteiger partial charge in [-0.1, -0.05) is 120 Å². The van der Waals surface area contributed by atoms with Crippen LogP contribution in [-0.4, -0.2) is 83.4 Å². The van der Waals surface area contributed by atoms with Crippen LogP contribution in [0.3, 0.4) is 0 Å². The van der Waals surface area contributed by atoms with Gasteiger partial charge in [-0.25, -0.2) is 0 Å². The van der Waals surface area contributed by atoms with Crippen LogP contribution in [0.2, 0.25) is 10.0 Å². The summed E-state index contributed by atoms with van der Waals surface area (Å²) in [7, 11) is 0. The van der Waals surface area contributed by atoms with E-state index < -0.39 is 23.6 Å². The Hall–Kier alpha value is -8.60. The van der Waals surface area contributed by atoms with Gasteiger partial charge in [-0.15, -0.1) is 0 Å². The average molecular weight is 1180 g/mol. The quantitative estimate of drug-likeness (QED) is 0.0208. The molecule has 0 aliphatic carbocycles. The van der Waals surface area contributed by atoms with Gasteiger partial charge >= 0.3 is 11.9 Å². The molecule has 0 saturated heterocycles. The molecule has 0 radical (unpaired) electrons. The Bertz CT molecular complexity index is 3120. The minimum Gasteiger partial charge on any atom is -0.461 e. The Morgan fingerprint density at radius 2 is 0.726 bits per heavy atom. The summed E-state index contributed by atoms with van der Waals surface area (Å²) in [4.78, 5) is 110. The molecule has 0 fully saturated rings. The van der Waals surface area contributed by atoms with Crippen molar-refractivity contribution in [3.8, 4) is 0 Å². The van der Waals surface area contributed by atoms with Crippen LogP contribution in [0.15, 0.2) is 146 Å². The van der Waals surface area contributed by atoms with Crippen molar-refractivity contribution < 1.29 is 47.8 Å². The van der Waals surface area contributed by atoms with Crippen LogP contribution in [0.1, 0.15) is 137 Å². The van der Waals surface area contributed by atoms with Crippen LogP contribution in [-0.2, 0) is 80.9 Å². The lowest BCUT2D eigenvalue weighted by Gasteiger charge is -2.15. The first-order valence-electron chi connectivity index (χ1n) is 28.3. The molecular weight excluding hydrogens is 1110 g/mol. The fourth-order valence-corrected chi connectivity index (χ4v) is 10.0. The monoisotopic (exact) mass is 1170 g/mol.